The zero-order valence-corrected chi connectivity index (χ0v) is 20.5. The minimum atomic E-state index is -3.70. The Bertz CT molecular complexity index is 1150. The van der Waals surface area contributed by atoms with Crippen molar-refractivity contribution in [2.45, 2.75) is 35.5 Å². The number of rotatable bonds is 6. The number of piperazine rings is 1. The van der Waals surface area contributed by atoms with Gasteiger partial charge in [0.05, 0.1) is 16.9 Å². The summed E-state index contributed by atoms with van der Waals surface area (Å²) in [5.74, 6) is 0.762. The summed E-state index contributed by atoms with van der Waals surface area (Å²) < 4.78 is 60.5. The van der Waals surface area contributed by atoms with Crippen molar-refractivity contribution in [1.29, 1.82) is 0 Å². The SMILES string of the molecule is COc1cccc(N2CCN(S(=O)(=O)c3ccc(S(=O)(=O)N4CCCCCC4)cc3)CC2)c1. The van der Waals surface area contributed by atoms with Crippen molar-refractivity contribution in [1.82, 2.24) is 8.61 Å². The summed E-state index contributed by atoms with van der Waals surface area (Å²) in [6.07, 6.45) is 3.78. The van der Waals surface area contributed by atoms with E-state index < -0.39 is 20.0 Å². The first-order chi connectivity index (χ1) is 15.8. The van der Waals surface area contributed by atoms with Gasteiger partial charge in [0.25, 0.3) is 0 Å². The molecule has 2 aromatic carbocycles. The van der Waals surface area contributed by atoms with Crippen molar-refractivity contribution in [2.24, 2.45) is 0 Å². The summed E-state index contributed by atoms with van der Waals surface area (Å²) in [6.45, 7) is 2.86. The molecular formula is C23H31N3O5S2. The Morgan fingerprint density at radius 2 is 1.18 bits per heavy atom. The van der Waals surface area contributed by atoms with Gasteiger partial charge in [0, 0.05) is 51.0 Å². The number of sulfonamides is 2. The van der Waals surface area contributed by atoms with Crippen LogP contribution in [0, 0.1) is 0 Å². The lowest BCUT2D eigenvalue weighted by atomic mass is 10.2. The fourth-order valence-electron chi connectivity index (χ4n) is 4.36. The van der Waals surface area contributed by atoms with Crippen molar-refractivity contribution in [3.8, 4) is 5.75 Å². The molecule has 0 aromatic heterocycles. The Labute approximate surface area is 196 Å². The smallest absolute Gasteiger partial charge is 0.243 e. The third kappa shape index (κ3) is 5.18. The summed E-state index contributed by atoms with van der Waals surface area (Å²) in [4.78, 5) is 2.39. The second-order valence-corrected chi connectivity index (χ2v) is 12.3. The molecule has 0 bridgehead atoms. The van der Waals surface area contributed by atoms with Crippen LogP contribution in [0.1, 0.15) is 25.7 Å². The van der Waals surface area contributed by atoms with Gasteiger partial charge in [-0.05, 0) is 49.2 Å². The maximum Gasteiger partial charge on any atom is 0.243 e. The molecule has 2 heterocycles. The second kappa shape index (κ2) is 10.0. The largest absolute Gasteiger partial charge is 0.497 e. The topological polar surface area (TPSA) is 87.2 Å². The molecule has 0 unspecified atom stereocenters. The molecule has 0 amide bonds. The van der Waals surface area contributed by atoms with Gasteiger partial charge >= 0.3 is 0 Å². The maximum atomic E-state index is 13.2. The lowest BCUT2D eigenvalue weighted by Gasteiger charge is -2.35. The molecule has 2 aliphatic rings. The van der Waals surface area contributed by atoms with Gasteiger partial charge < -0.3 is 9.64 Å². The van der Waals surface area contributed by atoms with Crippen LogP contribution in [0.4, 0.5) is 5.69 Å². The molecule has 2 aliphatic heterocycles. The quantitative estimate of drug-likeness (QED) is 0.615. The van der Waals surface area contributed by atoms with Gasteiger partial charge in [-0.1, -0.05) is 18.9 Å². The first kappa shape index (κ1) is 24.0. The molecule has 10 heteroatoms. The Kier molecular flexibility index (Phi) is 7.28. The summed E-state index contributed by atoms with van der Waals surface area (Å²) in [7, 11) is -5.69. The van der Waals surface area contributed by atoms with E-state index in [-0.39, 0.29) is 9.79 Å². The van der Waals surface area contributed by atoms with Crippen LogP contribution < -0.4 is 9.64 Å². The minimum absolute atomic E-state index is 0.118. The van der Waals surface area contributed by atoms with E-state index in [0.717, 1.165) is 37.1 Å². The zero-order valence-electron chi connectivity index (χ0n) is 18.9. The minimum Gasteiger partial charge on any atom is -0.497 e. The Morgan fingerprint density at radius 1 is 0.667 bits per heavy atom. The van der Waals surface area contributed by atoms with Gasteiger partial charge in [-0.15, -0.1) is 0 Å². The van der Waals surface area contributed by atoms with E-state index in [2.05, 4.69) is 4.90 Å². The standard InChI is InChI=1S/C23H31N3O5S2/c1-31-21-8-6-7-20(19-21)24-15-17-26(18-16-24)33(29,30)23-11-9-22(10-12-23)32(27,28)25-13-4-2-3-5-14-25/h6-12,19H,2-5,13-18H2,1H3. The molecule has 4 rings (SSSR count). The van der Waals surface area contributed by atoms with Crippen LogP contribution in [0.5, 0.6) is 5.75 Å². The van der Waals surface area contributed by atoms with Gasteiger partial charge in [-0.25, -0.2) is 16.8 Å². The molecule has 2 saturated heterocycles. The molecule has 2 fully saturated rings. The summed E-state index contributed by atoms with van der Waals surface area (Å²) in [5, 5.41) is 0. The Morgan fingerprint density at radius 3 is 1.70 bits per heavy atom. The molecule has 0 aliphatic carbocycles. The third-order valence-electron chi connectivity index (χ3n) is 6.32. The molecular weight excluding hydrogens is 462 g/mol. The first-order valence-corrected chi connectivity index (χ1v) is 14.2. The molecule has 2 aromatic rings. The molecule has 8 nitrogen and oxygen atoms in total. The van der Waals surface area contributed by atoms with Crippen LogP contribution in [0.2, 0.25) is 0 Å². The number of anilines is 1. The Hall–Kier alpha value is -2.14. The lowest BCUT2D eigenvalue weighted by Crippen LogP contribution is -2.48. The van der Waals surface area contributed by atoms with Gasteiger partial charge in [-0.2, -0.15) is 8.61 Å². The third-order valence-corrected chi connectivity index (χ3v) is 10.1. The van der Waals surface area contributed by atoms with Crippen LogP contribution >= 0.6 is 0 Å². The van der Waals surface area contributed by atoms with E-state index in [1.165, 1.54) is 32.9 Å². The van der Waals surface area contributed by atoms with E-state index in [1.807, 2.05) is 24.3 Å². The van der Waals surface area contributed by atoms with Crippen LogP contribution in [0.25, 0.3) is 0 Å². The molecule has 0 N–H and O–H groups in total. The lowest BCUT2D eigenvalue weighted by molar-refractivity contribution is 0.384. The maximum absolute atomic E-state index is 13.2. The monoisotopic (exact) mass is 493 g/mol. The molecule has 0 saturated carbocycles. The first-order valence-electron chi connectivity index (χ1n) is 11.3. The highest BCUT2D eigenvalue weighted by molar-refractivity contribution is 7.89. The van der Waals surface area contributed by atoms with Gasteiger partial charge in [0.1, 0.15) is 5.75 Å². The van der Waals surface area contributed by atoms with E-state index in [0.29, 0.717) is 39.3 Å². The average Bonchev–Trinajstić information content (AvgIpc) is 3.15. The predicted molar refractivity (Wildman–Crippen MR) is 128 cm³/mol. The number of nitrogens with zero attached hydrogens (tertiary/aromatic N) is 3. The predicted octanol–water partition coefficient (Wildman–Crippen LogP) is 2.77. The van der Waals surface area contributed by atoms with E-state index in [4.69, 9.17) is 4.74 Å². The van der Waals surface area contributed by atoms with Crippen molar-refractivity contribution >= 4 is 25.7 Å². The molecule has 0 spiro atoms. The van der Waals surface area contributed by atoms with Gasteiger partial charge in [-0.3, -0.25) is 0 Å². The highest BCUT2D eigenvalue weighted by Gasteiger charge is 2.30. The van der Waals surface area contributed by atoms with Crippen molar-refractivity contribution in [3.05, 3.63) is 48.5 Å². The van der Waals surface area contributed by atoms with Crippen LogP contribution in [-0.2, 0) is 20.0 Å². The fourth-order valence-corrected chi connectivity index (χ4v) is 7.30. The highest BCUT2D eigenvalue weighted by atomic mass is 32.2. The van der Waals surface area contributed by atoms with E-state index in [1.54, 1.807) is 7.11 Å². The highest BCUT2D eigenvalue weighted by Crippen LogP contribution is 2.26. The molecule has 0 radical (unpaired) electrons. The van der Waals surface area contributed by atoms with Crippen LogP contribution in [0.3, 0.4) is 0 Å². The van der Waals surface area contributed by atoms with Gasteiger partial charge in [0.2, 0.25) is 20.0 Å². The number of methoxy groups -OCH3 is 1. The number of hydrogen-bond acceptors (Lipinski definition) is 6. The normalized spacial score (nSPS) is 19.2. The molecule has 33 heavy (non-hydrogen) atoms. The average molecular weight is 494 g/mol. The number of hydrogen-bond donors (Lipinski definition) is 0. The molecule has 0 atom stereocenters. The number of benzene rings is 2. The summed E-state index contributed by atoms with van der Waals surface area (Å²) >= 11 is 0. The van der Waals surface area contributed by atoms with E-state index in [9.17, 15) is 16.8 Å². The van der Waals surface area contributed by atoms with Crippen molar-refractivity contribution in [3.63, 3.8) is 0 Å². The van der Waals surface area contributed by atoms with Crippen molar-refractivity contribution < 1.29 is 21.6 Å². The number of ether oxygens (including phenoxy) is 1. The second-order valence-electron chi connectivity index (χ2n) is 8.38. The summed E-state index contributed by atoms with van der Waals surface area (Å²) in [5.41, 5.74) is 0.995. The van der Waals surface area contributed by atoms with Gasteiger partial charge in [0.15, 0.2) is 0 Å². The van der Waals surface area contributed by atoms with Crippen LogP contribution in [0.15, 0.2) is 58.3 Å². The Balaban J connectivity index is 1.44. The van der Waals surface area contributed by atoms with Crippen molar-refractivity contribution in [2.75, 3.05) is 51.3 Å². The zero-order chi connectivity index (χ0) is 23.5. The summed E-state index contributed by atoms with van der Waals surface area (Å²) in [6, 6.07) is 13.4. The molecule has 180 valence electrons. The fraction of sp³-hybridized carbons (Fsp3) is 0.478. The van der Waals surface area contributed by atoms with Crippen LogP contribution in [-0.4, -0.2) is 71.8 Å². The van der Waals surface area contributed by atoms with E-state index >= 15 is 0 Å².